The van der Waals surface area contributed by atoms with E-state index in [-0.39, 0.29) is 5.91 Å². The SMILES string of the molecule is CN(CCN(C)C1CCCCC1)C(=O)c1ccc2nccnc2n1. The third-order valence-corrected chi connectivity index (χ3v) is 4.88. The molecule has 2 heterocycles. The van der Waals surface area contributed by atoms with Crippen LogP contribution < -0.4 is 0 Å². The van der Waals surface area contributed by atoms with Crippen LogP contribution in [0.1, 0.15) is 42.6 Å². The van der Waals surface area contributed by atoms with Gasteiger partial charge in [-0.2, -0.15) is 0 Å². The molecule has 0 aromatic carbocycles. The Morgan fingerprint density at radius 3 is 2.62 bits per heavy atom. The second-order valence-corrected chi connectivity index (χ2v) is 6.59. The predicted octanol–water partition coefficient (Wildman–Crippen LogP) is 2.36. The highest BCUT2D eigenvalue weighted by Crippen LogP contribution is 2.21. The highest BCUT2D eigenvalue weighted by Gasteiger charge is 2.19. The van der Waals surface area contributed by atoms with E-state index in [9.17, 15) is 4.79 Å². The molecule has 24 heavy (non-hydrogen) atoms. The normalized spacial score (nSPS) is 15.8. The zero-order chi connectivity index (χ0) is 16.9. The van der Waals surface area contributed by atoms with Crippen LogP contribution in [0.2, 0.25) is 0 Å². The van der Waals surface area contributed by atoms with Crippen LogP contribution in [0.25, 0.3) is 11.2 Å². The minimum atomic E-state index is -0.0698. The first-order valence-corrected chi connectivity index (χ1v) is 8.68. The lowest BCUT2D eigenvalue weighted by Gasteiger charge is -2.32. The molecule has 0 saturated heterocycles. The molecule has 6 heteroatoms. The van der Waals surface area contributed by atoms with Crippen molar-refractivity contribution >= 4 is 17.1 Å². The molecule has 0 bridgehead atoms. The second kappa shape index (κ2) is 7.66. The molecular weight excluding hydrogens is 302 g/mol. The molecule has 3 rings (SSSR count). The number of hydrogen-bond donors (Lipinski definition) is 0. The van der Waals surface area contributed by atoms with Crippen molar-refractivity contribution in [1.82, 2.24) is 24.8 Å². The zero-order valence-corrected chi connectivity index (χ0v) is 14.5. The molecule has 1 aliphatic rings. The fourth-order valence-corrected chi connectivity index (χ4v) is 3.28. The molecular formula is C18H25N5O. The summed E-state index contributed by atoms with van der Waals surface area (Å²) >= 11 is 0. The minimum Gasteiger partial charge on any atom is -0.339 e. The maximum absolute atomic E-state index is 12.6. The van der Waals surface area contributed by atoms with Crippen molar-refractivity contribution < 1.29 is 4.79 Å². The average Bonchev–Trinajstić information content (AvgIpc) is 2.65. The number of likely N-dealkylation sites (N-methyl/N-ethyl adjacent to an activating group) is 2. The van der Waals surface area contributed by atoms with Gasteiger partial charge in [-0.15, -0.1) is 0 Å². The summed E-state index contributed by atoms with van der Waals surface area (Å²) in [5.41, 5.74) is 1.63. The monoisotopic (exact) mass is 327 g/mol. The Hall–Kier alpha value is -2.08. The van der Waals surface area contributed by atoms with Gasteiger partial charge in [0.1, 0.15) is 11.2 Å². The number of carbonyl (C=O) groups is 1. The highest BCUT2D eigenvalue weighted by molar-refractivity contribution is 5.93. The lowest BCUT2D eigenvalue weighted by atomic mass is 9.94. The second-order valence-electron chi connectivity index (χ2n) is 6.59. The number of hydrogen-bond acceptors (Lipinski definition) is 5. The van der Waals surface area contributed by atoms with Gasteiger partial charge in [0.25, 0.3) is 5.91 Å². The Balaban J connectivity index is 1.59. The Kier molecular flexibility index (Phi) is 5.35. The van der Waals surface area contributed by atoms with E-state index >= 15 is 0 Å². The molecule has 1 saturated carbocycles. The average molecular weight is 327 g/mol. The van der Waals surface area contributed by atoms with Gasteiger partial charge in [0.2, 0.25) is 0 Å². The molecule has 0 unspecified atom stereocenters. The number of fused-ring (bicyclic) bond motifs is 1. The minimum absolute atomic E-state index is 0.0698. The Bertz CT molecular complexity index is 699. The van der Waals surface area contributed by atoms with Crippen molar-refractivity contribution in [3.63, 3.8) is 0 Å². The van der Waals surface area contributed by atoms with E-state index in [4.69, 9.17) is 0 Å². The lowest BCUT2D eigenvalue weighted by Crippen LogP contribution is -2.40. The van der Waals surface area contributed by atoms with Gasteiger partial charge in [-0.05, 0) is 32.0 Å². The zero-order valence-electron chi connectivity index (χ0n) is 14.5. The van der Waals surface area contributed by atoms with Crippen LogP contribution in [0.15, 0.2) is 24.5 Å². The maximum Gasteiger partial charge on any atom is 0.272 e. The molecule has 1 fully saturated rings. The van der Waals surface area contributed by atoms with E-state index in [0.29, 0.717) is 29.4 Å². The molecule has 0 radical (unpaired) electrons. The van der Waals surface area contributed by atoms with Gasteiger partial charge in [-0.1, -0.05) is 19.3 Å². The van der Waals surface area contributed by atoms with Crippen molar-refractivity contribution in [1.29, 1.82) is 0 Å². The van der Waals surface area contributed by atoms with Gasteiger partial charge in [-0.25, -0.2) is 9.97 Å². The van der Waals surface area contributed by atoms with Crippen LogP contribution in [-0.2, 0) is 0 Å². The summed E-state index contributed by atoms with van der Waals surface area (Å²) in [6.07, 6.45) is 9.78. The van der Waals surface area contributed by atoms with E-state index in [2.05, 4.69) is 26.9 Å². The molecule has 0 atom stereocenters. The van der Waals surface area contributed by atoms with Crippen molar-refractivity contribution in [2.75, 3.05) is 27.2 Å². The Morgan fingerprint density at radius 2 is 1.83 bits per heavy atom. The molecule has 2 aromatic heterocycles. The van der Waals surface area contributed by atoms with Crippen LogP contribution in [-0.4, -0.2) is 63.9 Å². The molecule has 1 aliphatic carbocycles. The molecule has 0 spiro atoms. The van der Waals surface area contributed by atoms with Gasteiger partial charge in [-0.3, -0.25) is 9.78 Å². The van der Waals surface area contributed by atoms with Crippen molar-refractivity contribution in [2.45, 2.75) is 38.1 Å². The number of nitrogens with zero attached hydrogens (tertiary/aromatic N) is 5. The first kappa shape index (κ1) is 16.8. The molecule has 6 nitrogen and oxygen atoms in total. The third kappa shape index (κ3) is 3.87. The number of amides is 1. The largest absolute Gasteiger partial charge is 0.339 e. The van der Waals surface area contributed by atoms with E-state index in [1.165, 1.54) is 32.1 Å². The van der Waals surface area contributed by atoms with Crippen molar-refractivity contribution in [2.24, 2.45) is 0 Å². The Labute approximate surface area is 142 Å². The van der Waals surface area contributed by atoms with Crippen molar-refractivity contribution in [3.8, 4) is 0 Å². The van der Waals surface area contributed by atoms with Crippen LogP contribution in [0.4, 0.5) is 0 Å². The fraction of sp³-hybridized carbons (Fsp3) is 0.556. The first-order chi connectivity index (χ1) is 11.6. The summed E-state index contributed by atoms with van der Waals surface area (Å²) in [5.74, 6) is -0.0698. The number of rotatable bonds is 5. The molecule has 2 aromatic rings. The summed E-state index contributed by atoms with van der Waals surface area (Å²) in [7, 11) is 4.00. The fourth-order valence-electron chi connectivity index (χ4n) is 3.28. The molecule has 0 aliphatic heterocycles. The quantitative estimate of drug-likeness (QED) is 0.843. The van der Waals surface area contributed by atoms with E-state index in [1.807, 2.05) is 7.05 Å². The highest BCUT2D eigenvalue weighted by atomic mass is 16.2. The van der Waals surface area contributed by atoms with Gasteiger partial charge < -0.3 is 9.80 Å². The van der Waals surface area contributed by atoms with E-state index in [1.54, 1.807) is 29.4 Å². The van der Waals surface area contributed by atoms with Gasteiger partial charge in [0.15, 0.2) is 5.65 Å². The maximum atomic E-state index is 12.6. The lowest BCUT2D eigenvalue weighted by molar-refractivity contribution is 0.0762. The van der Waals surface area contributed by atoms with Gasteiger partial charge in [0.05, 0.1) is 0 Å². The molecule has 128 valence electrons. The predicted molar refractivity (Wildman–Crippen MR) is 93.8 cm³/mol. The van der Waals surface area contributed by atoms with Crippen LogP contribution in [0.5, 0.6) is 0 Å². The van der Waals surface area contributed by atoms with Crippen LogP contribution >= 0.6 is 0 Å². The van der Waals surface area contributed by atoms with Crippen molar-refractivity contribution in [3.05, 3.63) is 30.2 Å². The standard InChI is InChI=1S/C18H25N5O/c1-22(14-6-4-3-5-7-14)12-13-23(2)18(24)16-9-8-15-17(21-16)20-11-10-19-15/h8-11,14H,3-7,12-13H2,1-2H3. The van der Waals surface area contributed by atoms with Crippen LogP contribution in [0, 0.1) is 0 Å². The molecule has 0 N–H and O–H groups in total. The van der Waals surface area contributed by atoms with E-state index < -0.39 is 0 Å². The smallest absolute Gasteiger partial charge is 0.272 e. The van der Waals surface area contributed by atoms with E-state index in [0.717, 1.165) is 6.54 Å². The number of pyridine rings is 1. The number of aromatic nitrogens is 3. The third-order valence-electron chi connectivity index (χ3n) is 4.88. The Morgan fingerprint density at radius 1 is 1.08 bits per heavy atom. The summed E-state index contributed by atoms with van der Waals surface area (Å²) in [4.78, 5) is 29.4. The van der Waals surface area contributed by atoms with Gasteiger partial charge in [0, 0.05) is 38.6 Å². The summed E-state index contributed by atoms with van der Waals surface area (Å²) < 4.78 is 0. The summed E-state index contributed by atoms with van der Waals surface area (Å²) in [6.45, 7) is 1.59. The topological polar surface area (TPSA) is 62.2 Å². The van der Waals surface area contributed by atoms with Crippen LogP contribution in [0.3, 0.4) is 0 Å². The van der Waals surface area contributed by atoms with Gasteiger partial charge >= 0.3 is 0 Å². The first-order valence-electron chi connectivity index (χ1n) is 8.68. The summed E-state index contributed by atoms with van der Waals surface area (Å²) in [5, 5.41) is 0. The summed E-state index contributed by atoms with van der Waals surface area (Å²) in [6, 6.07) is 4.18. The number of carbonyl (C=O) groups excluding carboxylic acids is 1. The molecule has 1 amide bonds.